The summed E-state index contributed by atoms with van der Waals surface area (Å²) in [4.78, 5) is 28.2. The molecule has 0 aliphatic heterocycles. The molecule has 1 heterocycles. The van der Waals surface area contributed by atoms with Crippen molar-refractivity contribution in [1.82, 2.24) is 14.9 Å². The molecular weight excluding hydrogens is 306 g/mol. The van der Waals surface area contributed by atoms with Gasteiger partial charge in [0.25, 0.3) is 5.91 Å². The number of hydrogen-bond acceptors (Lipinski definition) is 4. The van der Waals surface area contributed by atoms with Crippen LogP contribution in [0.4, 0.5) is 0 Å². The maximum Gasteiger partial charge on any atom is 0.328 e. The van der Waals surface area contributed by atoms with Gasteiger partial charge in [-0.15, -0.1) is 0 Å². The Morgan fingerprint density at radius 2 is 2.05 bits per heavy atom. The van der Waals surface area contributed by atoms with E-state index in [1.165, 1.54) is 7.11 Å². The van der Waals surface area contributed by atoms with Crippen molar-refractivity contribution in [2.75, 3.05) is 7.11 Å². The van der Waals surface area contributed by atoms with Gasteiger partial charge in [0.05, 0.1) is 19.1 Å². The second kappa shape index (κ2) is 7.09. The van der Waals surface area contributed by atoms with E-state index in [1.54, 1.807) is 41.4 Å². The third kappa shape index (κ3) is 4.08. The molecule has 0 unspecified atom stereocenters. The summed E-state index contributed by atoms with van der Waals surface area (Å²) in [6, 6.07) is 5.60. The van der Waals surface area contributed by atoms with E-state index in [9.17, 15) is 9.59 Å². The van der Waals surface area contributed by atoms with E-state index >= 15 is 0 Å². The lowest BCUT2D eigenvalue weighted by Gasteiger charge is -2.15. The summed E-state index contributed by atoms with van der Waals surface area (Å²) in [6.07, 6.45) is 3.67. The van der Waals surface area contributed by atoms with Gasteiger partial charge in [-0.1, -0.05) is 11.6 Å². The molecule has 1 N–H and O–H groups in total. The molecule has 0 aliphatic rings. The quantitative estimate of drug-likeness (QED) is 0.849. The van der Waals surface area contributed by atoms with Crippen LogP contribution >= 0.6 is 11.6 Å². The molecule has 1 aromatic carbocycles. The fourth-order valence-corrected chi connectivity index (χ4v) is 2.09. The van der Waals surface area contributed by atoms with Gasteiger partial charge in [-0.05, 0) is 24.3 Å². The Bertz CT molecular complexity index is 667. The van der Waals surface area contributed by atoms with Gasteiger partial charge in [0.1, 0.15) is 6.04 Å². The van der Waals surface area contributed by atoms with Crippen LogP contribution in [0, 0.1) is 0 Å². The number of nitrogens with zero attached hydrogens (tertiary/aromatic N) is 2. The molecule has 1 amide bonds. The average Bonchev–Trinajstić information content (AvgIpc) is 2.91. The Morgan fingerprint density at radius 1 is 1.36 bits per heavy atom. The van der Waals surface area contributed by atoms with Crippen LogP contribution in [0.2, 0.25) is 5.02 Å². The lowest BCUT2D eigenvalue weighted by molar-refractivity contribution is -0.142. The summed E-state index contributed by atoms with van der Waals surface area (Å²) >= 11 is 5.79. The number of methoxy groups -OCH3 is 1. The molecule has 0 radical (unpaired) electrons. The SMILES string of the molecule is COC(=O)[C@H](Cc1cn(C)cn1)NC(=O)c1ccc(Cl)cc1. The van der Waals surface area contributed by atoms with Crippen LogP contribution in [0.15, 0.2) is 36.8 Å². The molecule has 1 atom stereocenters. The first-order valence-corrected chi connectivity index (χ1v) is 6.98. The van der Waals surface area contributed by atoms with Crippen LogP contribution in [-0.4, -0.2) is 34.6 Å². The highest BCUT2D eigenvalue weighted by Crippen LogP contribution is 2.10. The van der Waals surface area contributed by atoms with Crippen molar-refractivity contribution in [2.24, 2.45) is 7.05 Å². The molecule has 0 aliphatic carbocycles. The fourth-order valence-electron chi connectivity index (χ4n) is 1.96. The number of hydrogen-bond donors (Lipinski definition) is 1. The number of halogens is 1. The van der Waals surface area contributed by atoms with E-state index < -0.39 is 12.0 Å². The van der Waals surface area contributed by atoms with Gasteiger partial charge >= 0.3 is 5.97 Å². The average molecular weight is 322 g/mol. The minimum absolute atomic E-state index is 0.257. The Morgan fingerprint density at radius 3 is 2.59 bits per heavy atom. The van der Waals surface area contributed by atoms with E-state index in [0.717, 1.165) is 0 Å². The van der Waals surface area contributed by atoms with E-state index in [4.69, 9.17) is 16.3 Å². The molecule has 2 rings (SSSR count). The standard InChI is InChI=1S/C15H16ClN3O3/c1-19-8-12(17-9-19)7-13(15(21)22-2)18-14(20)10-3-5-11(16)6-4-10/h3-6,8-9,13H,7H2,1-2H3,(H,18,20)/t13-/m0/s1. The monoisotopic (exact) mass is 321 g/mol. The van der Waals surface area contributed by atoms with E-state index in [2.05, 4.69) is 10.3 Å². The Balaban J connectivity index is 2.10. The molecule has 6 nitrogen and oxygen atoms in total. The molecule has 2 aromatic rings. The highest BCUT2D eigenvalue weighted by atomic mass is 35.5. The highest BCUT2D eigenvalue weighted by molar-refractivity contribution is 6.30. The lowest BCUT2D eigenvalue weighted by Crippen LogP contribution is -2.43. The number of benzene rings is 1. The van der Waals surface area contributed by atoms with Crippen LogP contribution < -0.4 is 5.32 Å². The minimum Gasteiger partial charge on any atom is -0.467 e. The second-order valence-electron chi connectivity index (χ2n) is 4.79. The van der Waals surface area contributed by atoms with Crippen molar-refractivity contribution >= 4 is 23.5 Å². The van der Waals surface area contributed by atoms with Crippen molar-refractivity contribution in [3.05, 3.63) is 53.1 Å². The Hall–Kier alpha value is -2.34. The summed E-state index contributed by atoms with van der Waals surface area (Å²) in [6.45, 7) is 0. The van der Waals surface area contributed by atoms with Crippen molar-refractivity contribution in [1.29, 1.82) is 0 Å². The van der Waals surface area contributed by atoms with Crippen molar-refractivity contribution in [2.45, 2.75) is 12.5 Å². The molecule has 1 aromatic heterocycles. The fraction of sp³-hybridized carbons (Fsp3) is 0.267. The van der Waals surface area contributed by atoms with Crippen LogP contribution in [0.1, 0.15) is 16.1 Å². The number of carbonyl (C=O) groups is 2. The first-order valence-electron chi connectivity index (χ1n) is 6.60. The number of rotatable bonds is 5. The number of amides is 1. The van der Waals surface area contributed by atoms with Gasteiger partial charge in [0.2, 0.25) is 0 Å². The van der Waals surface area contributed by atoms with Crippen molar-refractivity contribution in [3.8, 4) is 0 Å². The summed E-state index contributed by atoms with van der Waals surface area (Å²) in [5.41, 5.74) is 1.11. The van der Waals surface area contributed by atoms with Crippen LogP contribution in [-0.2, 0) is 23.0 Å². The highest BCUT2D eigenvalue weighted by Gasteiger charge is 2.23. The molecule has 0 bridgehead atoms. The summed E-state index contributed by atoms with van der Waals surface area (Å²) < 4.78 is 6.51. The largest absolute Gasteiger partial charge is 0.467 e. The molecule has 22 heavy (non-hydrogen) atoms. The molecule has 0 saturated carbocycles. The number of esters is 1. The third-order valence-corrected chi connectivity index (χ3v) is 3.32. The maximum atomic E-state index is 12.2. The molecule has 0 spiro atoms. The number of aromatic nitrogens is 2. The van der Waals surface area contributed by atoms with Crippen LogP contribution in [0.3, 0.4) is 0 Å². The van der Waals surface area contributed by atoms with Crippen molar-refractivity contribution in [3.63, 3.8) is 0 Å². The lowest BCUT2D eigenvalue weighted by atomic mass is 10.1. The Kier molecular flexibility index (Phi) is 5.16. The predicted octanol–water partition coefficient (Wildman–Crippen LogP) is 1.59. The normalized spacial score (nSPS) is 11.8. The molecule has 116 valence electrons. The number of aryl methyl sites for hydroxylation is 1. The topological polar surface area (TPSA) is 73.2 Å². The summed E-state index contributed by atoms with van der Waals surface area (Å²) in [7, 11) is 3.11. The van der Waals surface area contributed by atoms with Gasteiger partial charge in [0.15, 0.2) is 0 Å². The number of imidazole rings is 1. The van der Waals surface area contributed by atoms with Crippen molar-refractivity contribution < 1.29 is 14.3 Å². The van der Waals surface area contributed by atoms with E-state index in [1.807, 2.05) is 7.05 Å². The number of nitrogens with one attached hydrogen (secondary N) is 1. The zero-order chi connectivity index (χ0) is 16.1. The summed E-state index contributed by atoms with van der Waals surface area (Å²) in [5.74, 6) is -0.893. The minimum atomic E-state index is -0.803. The second-order valence-corrected chi connectivity index (χ2v) is 5.23. The smallest absolute Gasteiger partial charge is 0.328 e. The first kappa shape index (κ1) is 16.0. The van der Waals surface area contributed by atoms with Gasteiger partial charge in [-0.3, -0.25) is 4.79 Å². The molecule has 0 saturated heterocycles. The Labute approximate surface area is 133 Å². The van der Waals surface area contributed by atoms with E-state index in [0.29, 0.717) is 16.3 Å². The third-order valence-electron chi connectivity index (χ3n) is 3.07. The van der Waals surface area contributed by atoms with Gasteiger partial charge in [-0.2, -0.15) is 0 Å². The maximum absolute atomic E-state index is 12.2. The van der Waals surface area contributed by atoms with Gasteiger partial charge < -0.3 is 14.6 Å². The molecule has 7 heteroatoms. The molecule has 0 fully saturated rings. The zero-order valence-corrected chi connectivity index (χ0v) is 13.0. The van der Waals surface area contributed by atoms with Gasteiger partial charge in [-0.25, -0.2) is 9.78 Å². The van der Waals surface area contributed by atoms with E-state index in [-0.39, 0.29) is 12.3 Å². The predicted molar refractivity (Wildman–Crippen MR) is 81.6 cm³/mol. The zero-order valence-electron chi connectivity index (χ0n) is 12.2. The molecular formula is C15H16ClN3O3. The number of carbonyl (C=O) groups excluding carboxylic acids is 2. The summed E-state index contributed by atoms with van der Waals surface area (Å²) in [5, 5.41) is 3.19. The number of ether oxygens (including phenoxy) is 1. The van der Waals surface area contributed by atoms with Gasteiger partial charge in [0, 0.05) is 30.3 Å². The first-order chi connectivity index (χ1) is 10.5. The van der Waals surface area contributed by atoms with Crippen LogP contribution in [0.25, 0.3) is 0 Å². The van der Waals surface area contributed by atoms with Crippen LogP contribution in [0.5, 0.6) is 0 Å².